The van der Waals surface area contributed by atoms with Crippen LogP contribution in [0, 0.1) is 13.8 Å². The van der Waals surface area contributed by atoms with Crippen LogP contribution in [0.3, 0.4) is 0 Å². The van der Waals surface area contributed by atoms with Gasteiger partial charge in [0.2, 0.25) is 10.0 Å². The summed E-state index contributed by atoms with van der Waals surface area (Å²) < 4.78 is 27.5. The Balaban J connectivity index is 2.31. The second-order valence-corrected chi connectivity index (χ2v) is 7.35. The Morgan fingerprint density at radius 1 is 1.30 bits per heavy atom. The molecule has 1 atom stereocenters. The third-order valence-electron chi connectivity index (χ3n) is 3.37. The first-order valence-corrected chi connectivity index (χ1v) is 8.65. The van der Waals surface area contributed by atoms with E-state index in [0.29, 0.717) is 5.69 Å². The highest BCUT2D eigenvalue weighted by Gasteiger charge is 2.20. The highest BCUT2D eigenvalue weighted by molar-refractivity contribution is 7.89. The first kappa shape index (κ1) is 15.0. The molecule has 0 aliphatic heterocycles. The molecule has 1 heterocycles. The van der Waals surface area contributed by atoms with E-state index in [4.69, 9.17) is 5.73 Å². The van der Waals surface area contributed by atoms with Crippen molar-refractivity contribution in [3.05, 3.63) is 45.6 Å². The molecule has 0 saturated carbocycles. The van der Waals surface area contributed by atoms with Crippen molar-refractivity contribution in [2.24, 2.45) is 0 Å². The number of nitrogens with one attached hydrogen (secondary N) is 1. The molecular formula is C14H18N2O2S2. The Labute approximate surface area is 123 Å². The predicted octanol–water partition coefficient (Wildman–Crippen LogP) is 2.99. The summed E-state index contributed by atoms with van der Waals surface area (Å²) in [5.74, 6) is 0. The first-order valence-electron chi connectivity index (χ1n) is 6.22. The summed E-state index contributed by atoms with van der Waals surface area (Å²) in [6, 6.07) is 4.79. The van der Waals surface area contributed by atoms with E-state index < -0.39 is 10.0 Å². The maximum Gasteiger partial charge on any atom is 0.241 e. The zero-order chi connectivity index (χ0) is 14.9. The molecule has 0 amide bonds. The molecule has 1 aromatic carbocycles. The second kappa shape index (κ2) is 5.55. The van der Waals surface area contributed by atoms with Crippen molar-refractivity contribution in [1.29, 1.82) is 0 Å². The Hall–Kier alpha value is -1.37. The molecule has 0 aliphatic carbocycles. The van der Waals surface area contributed by atoms with Crippen molar-refractivity contribution in [3.8, 4) is 0 Å². The predicted molar refractivity (Wildman–Crippen MR) is 83.4 cm³/mol. The number of aryl methyl sites for hydroxylation is 1. The van der Waals surface area contributed by atoms with Gasteiger partial charge in [-0.05, 0) is 66.4 Å². The third-order valence-corrected chi connectivity index (χ3v) is 5.59. The van der Waals surface area contributed by atoms with Crippen LogP contribution in [-0.2, 0) is 10.0 Å². The normalized spacial score (nSPS) is 13.3. The molecule has 0 bridgehead atoms. The number of nitrogens with two attached hydrogens (primary N) is 1. The van der Waals surface area contributed by atoms with Gasteiger partial charge >= 0.3 is 0 Å². The largest absolute Gasteiger partial charge is 0.398 e. The van der Waals surface area contributed by atoms with Crippen molar-refractivity contribution in [1.82, 2.24) is 4.72 Å². The minimum absolute atomic E-state index is 0.208. The smallest absolute Gasteiger partial charge is 0.241 e. The standard InChI is InChI=1S/C14H18N2O2S2/c1-9-6-13(7-14(15)10(9)2)20(17,18)16-11(3)12-4-5-19-8-12/h4-8,11,16H,15H2,1-3H3. The fourth-order valence-corrected chi connectivity index (χ4v) is 4.00. The molecule has 0 spiro atoms. The summed E-state index contributed by atoms with van der Waals surface area (Å²) in [5.41, 5.74) is 9.08. The molecule has 6 heteroatoms. The fraction of sp³-hybridized carbons (Fsp3) is 0.286. The van der Waals surface area contributed by atoms with Gasteiger partial charge in [-0.1, -0.05) is 0 Å². The zero-order valence-corrected chi connectivity index (χ0v) is 13.3. The van der Waals surface area contributed by atoms with Crippen LogP contribution in [0.4, 0.5) is 5.69 Å². The average Bonchev–Trinajstić information content (AvgIpc) is 2.88. The SMILES string of the molecule is Cc1cc(S(=O)(=O)NC(C)c2ccsc2)cc(N)c1C. The van der Waals surface area contributed by atoms with Crippen molar-refractivity contribution < 1.29 is 8.42 Å². The maximum absolute atomic E-state index is 12.4. The molecular weight excluding hydrogens is 292 g/mol. The van der Waals surface area contributed by atoms with Gasteiger partial charge in [0, 0.05) is 11.7 Å². The van der Waals surface area contributed by atoms with Crippen molar-refractivity contribution in [2.45, 2.75) is 31.7 Å². The number of benzene rings is 1. The lowest BCUT2D eigenvalue weighted by Crippen LogP contribution is -2.26. The summed E-state index contributed by atoms with van der Waals surface area (Å²) in [6.45, 7) is 5.56. The van der Waals surface area contributed by atoms with E-state index in [9.17, 15) is 8.42 Å². The Bertz CT molecular complexity index is 684. The highest BCUT2D eigenvalue weighted by atomic mass is 32.2. The van der Waals surface area contributed by atoms with Crippen LogP contribution in [0.2, 0.25) is 0 Å². The molecule has 1 unspecified atom stereocenters. The van der Waals surface area contributed by atoms with Crippen LogP contribution >= 0.6 is 11.3 Å². The van der Waals surface area contributed by atoms with Crippen molar-refractivity contribution in [2.75, 3.05) is 5.73 Å². The van der Waals surface area contributed by atoms with E-state index in [1.807, 2.05) is 37.6 Å². The van der Waals surface area contributed by atoms with Crippen molar-refractivity contribution >= 4 is 27.0 Å². The average molecular weight is 310 g/mol. The summed E-state index contributed by atoms with van der Waals surface area (Å²) in [5, 5.41) is 3.86. The molecule has 3 N–H and O–H groups in total. The minimum Gasteiger partial charge on any atom is -0.398 e. The zero-order valence-electron chi connectivity index (χ0n) is 11.7. The summed E-state index contributed by atoms with van der Waals surface area (Å²) in [6.07, 6.45) is 0. The van der Waals surface area contributed by atoms with E-state index in [0.717, 1.165) is 16.7 Å². The van der Waals surface area contributed by atoms with Gasteiger partial charge in [-0.15, -0.1) is 0 Å². The van der Waals surface area contributed by atoms with Gasteiger partial charge in [0.1, 0.15) is 0 Å². The van der Waals surface area contributed by atoms with Gasteiger partial charge in [0.25, 0.3) is 0 Å². The lowest BCUT2D eigenvalue weighted by atomic mass is 10.1. The summed E-state index contributed by atoms with van der Waals surface area (Å²) >= 11 is 1.54. The van der Waals surface area contributed by atoms with E-state index in [1.54, 1.807) is 17.4 Å². The van der Waals surface area contributed by atoms with Gasteiger partial charge < -0.3 is 5.73 Å². The highest BCUT2D eigenvalue weighted by Crippen LogP contribution is 2.23. The first-order chi connectivity index (χ1) is 9.31. The summed E-state index contributed by atoms with van der Waals surface area (Å²) in [7, 11) is -3.57. The molecule has 0 radical (unpaired) electrons. The van der Waals surface area contributed by atoms with Crippen molar-refractivity contribution in [3.63, 3.8) is 0 Å². The van der Waals surface area contributed by atoms with Crippen LogP contribution < -0.4 is 10.5 Å². The van der Waals surface area contributed by atoms with Gasteiger partial charge in [-0.3, -0.25) is 0 Å². The van der Waals surface area contributed by atoms with Crippen LogP contribution in [-0.4, -0.2) is 8.42 Å². The van der Waals surface area contributed by atoms with Gasteiger partial charge in [-0.2, -0.15) is 11.3 Å². The van der Waals surface area contributed by atoms with Crippen LogP contribution in [0.5, 0.6) is 0 Å². The van der Waals surface area contributed by atoms with E-state index in [1.165, 1.54) is 6.07 Å². The lowest BCUT2D eigenvalue weighted by molar-refractivity contribution is 0.567. The van der Waals surface area contributed by atoms with E-state index >= 15 is 0 Å². The third kappa shape index (κ3) is 3.03. The molecule has 0 aliphatic rings. The summed E-state index contributed by atoms with van der Waals surface area (Å²) in [4.78, 5) is 0.208. The monoisotopic (exact) mass is 310 g/mol. The molecule has 0 saturated heterocycles. The van der Waals surface area contributed by atoms with Gasteiger partial charge in [0.15, 0.2) is 0 Å². The quantitative estimate of drug-likeness (QED) is 0.853. The number of anilines is 1. The topological polar surface area (TPSA) is 72.2 Å². The van der Waals surface area contributed by atoms with Gasteiger partial charge in [-0.25, -0.2) is 13.1 Å². The van der Waals surface area contributed by atoms with Crippen LogP contribution in [0.25, 0.3) is 0 Å². The Kier molecular flexibility index (Phi) is 4.17. The van der Waals surface area contributed by atoms with E-state index in [2.05, 4.69) is 4.72 Å². The molecule has 1 aromatic heterocycles. The molecule has 108 valence electrons. The van der Waals surface area contributed by atoms with Crippen LogP contribution in [0.15, 0.2) is 33.9 Å². The maximum atomic E-state index is 12.4. The number of hydrogen-bond acceptors (Lipinski definition) is 4. The number of hydrogen-bond donors (Lipinski definition) is 2. The fourth-order valence-electron chi connectivity index (χ4n) is 1.90. The van der Waals surface area contributed by atoms with E-state index in [-0.39, 0.29) is 10.9 Å². The molecule has 0 fully saturated rings. The Morgan fingerprint density at radius 3 is 2.55 bits per heavy atom. The Morgan fingerprint density at radius 2 is 2.00 bits per heavy atom. The number of rotatable bonds is 4. The lowest BCUT2D eigenvalue weighted by Gasteiger charge is -2.15. The van der Waals surface area contributed by atoms with Crippen LogP contribution in [0.1, 0.15) is 29.7 Å². The number of thiophene rings is 1. The number of nitrogen functional groups attached to an aromatic ring is 1. The molecule has 20 heavy (non-hydrogen) atoms. The molecule has 2 rings (SSSR count). The van der Waals surface area contributed by atoms with Gasteiger partial charge in [0.05, 0.1) is 4.90 Å². The number of sulfonamides is 1. The minimum atomic E-state index is -3.57. The molecule has 4 nitrogen and oxygen atoms in total. The second-order valence-electron chi connectivity index (χ2n) is 4.85. The molecule has 2 aromatic rings.